The highest BCUT2D eigenvalue weighted by atomic mass is 35.5. The van der Waals surface area contributed by atoms with Crippen LogP contribution in [0.1, 0.15) is 29.2 Å². The van der Waals surface area contributed by atoms with Crippen LogP contribution >= 0.6 is 11.6 Å². The van der Waals surface area contributed by atoms with Gasteiger partial charge < -0.3 is 10.1 Å². The maximum absolute atomic E-state index is 6.21. The Kier molecular flexibility index (Phi) is 5.27. The van der Waals surface area contributed by atoms with Gasteiger partial charge in [0.2, 0.25) is 0 Å². The van der Waals surface area contributed by atoms with Crippen molar-refractivity contribution in [2.24, 2.45) is 0 Å². The van der Waals surface area contributed by atoms with Gasteiger partial charge in [0.15, 0.2) is 0 Å². The lowest BCUT2D eigenvalue weighted by atomic mass is 10.1. The lowest BCUT2D eigenvalue weighted by Crippen LogP contribution is -2.12. The minimum atomic E-state index is 0.730. The van der Waals surface area contributed by atoms with Gasteiger partial charge in [-0.3, -0.25) is 0 Å². The van der Waals surface area contributed by atoms with E-state index in [2.05, 4.69) is 45.1 Å². The molecule has 2 rings (SSSR count). The minimum Gasteiger partial charge on any atom is -0.456 e. The molecule has 0 radical (unpaired) electrons. The van der Waals surface area contributed by atoms with Crippen LogP contribution in [0.4, 0.5) is 0 Å². The van der Waals surface area contributed by atoms with E-state index in [0.29, 0.717) is 0 Å². The van der Waals surface area contributed by atoms with Crippen molar-refractivity contribution >= 4 is 11.6 Å². The predicted molar refractivity (Wildman–Crippen MR) is 89.6 cm³/mol. The minimum absolute atomic E-state index is 0.730. The van der Waals surface area contributed by atoms with Crippen molar-refractivity contribution in [3.63, 3.8) is 0 Å². The number of nitrogens with one attached hydrogen (secondary N) is 1. The van der Waals surface area contributed by atoms with Gasteiger partial charge in [-0.05, 0) is 62.2 Å². The molecule has 0 atom stereocenters. The highest BCUT2D eigenvalue weighted by molar-refractivity contribution is 6.30. The Morgan fingerprint density at radius 2 is 1.76 bits per heavy atom. The van der Waals surface area contributed by atoms with Gasteiger partial charge in [0, 0.05) is 17.1 Å². The number of rotatable bonds is 5. The third-order valence-corrected chi connectivity index (χ3v) is 3.91. The molecule has 21 heavy (non-hydrogen) atoms. The number of aryl methyl sites for hydroxylation is 2. The zero-order valence-electron chi connectivity index (χ0n) is 13.1. The van der Waals surface area contributed by atoms with Crippen LogP contribution in [-0.2, 0) is 6.54 Å². The summed E-state index contributed by atoms with van der Waals surface area (Å²) >= 11 is 6.10. The van der Waals surface area contributed by atoms with Crippen LogP contribution in [0.2, 0.25) is 5.02 Å². The Morgan fingerprint density at radius 1 is 1.05 bits per heavy atom. The summed E-state index contributed by atoms with van der Waals surface area (Å²) in [7, 11) is 0. The summed E-state index contributed by atoms with van der Waals surface area (Å²) in [4.78, 5) is 0. The standard InChI is InChI=1S/C18H22ClNO/c1-5-20-11-15-10-16(19)8-9-17(15)21-18-13(3)7-6-12(2)14(18)4/h6-10,20H,5,11H2,1-4H3. The van der Waals surface area contributed by atoms with E-state index < -0.39 is 0 Å². The fourth-order valence-corrected chi connectivity index (χ4v) is 2.43. The van der Waals surface area contributed by atoms with Crippen molar-refractivity contribution in [3.05, 3.63) is 57.6 Å². The van der Waals surface area contributed by atoms with Crippen molar-refractivity contribution in [1.29, 1.82) is 0 Å². The summed E-state index contributed by atoms with van der Waals surface area (Å²) in [6.07, 6.45) is 0. The van der Waals surface area contributed by atoms with Crippen molar-refractivity contribution < 1.29 is 4.74 Å². The molecule has 2 nitrogen and oxygen atoms in total. The monoisotopic (exact) mass is 303 g/mol. The first-order valence-electron chi connectivity index (χ1n) is 7.26. The number of hydrogen-bond acceptors (Lipinski definition) is 2. The molecule has 0 heterocycles. The molecule has 0 spiro atoms. The lowest BCUT2D eigenvalue weighted by Gasteiger charge is -2.16. The first-order valence-corrected chi connectivity index (χ1v) is 7.64. The fraction of sp³-hybridized carbons (Fsp3) is 0.333. The van der Waals surface area contributed by atoms with Crippen LogP contribution < -0.4 is 10.1 Å². The van der Waals surface area contributed by atoms with E-state index >= 15 is 0 Å². The third kappa shape index (κ3) is 3.78. The SMILES string of the molecule is CCNCc1cc(Cl)ccc1Oc1c(C)ccc(C)c1C. The average Bonchev–Trinajstić information content (AvgIpc) is 2.47. The second-order valence-corrected chi connectivity index (χ2v) is 5.72. The second-order valence-electron chi connectivity index (χ2n) is 5.29. The quantitative estimate of drug-likeness (QED) is 0.823. The molecule has 0 unspecified atom stereocenters. The van der Waals surface area contributed by atoms with Gasteiger partial charge in [0.25, 0.3) is 0 Å². The highest BCUT2D eigenvalue weighted by Gasteiger charge is 2.11. The molecule has 0 amide bonds. The molecule has 0 saturated carbocycles. The van der Waals surface area contributed by atoms with Crippen molar-refractivity contribution in [2.75, 3.05) is 6.54 Å². The molecule has 0 bridgehead atoms. The zero-order valence-corrected chi connectivity index (χ0v) is 13.8. The largest absolute Gasteiger partial charge is 0.456 e. The molecule has 2 aromatic carbocycles. The normalized spacial score (nSPS) is 10.7. The molecule has 0 aliphatic rings. The van der Waals surface area contributed by atoms with Gasteiger partial charge in [-0.1, -0.05) is 30.7 Å². The smallest absolute Gasteiger partial charge is 0.133 e. The fourth-order valence-electron chi connectivity index (χ4n) is 2.24. The summed E-state index contributed by atoms with van der Waals surface area (Å²) < 4.78 is 6.21. The zero-order chi connectivity index (χ0) is 15.4. The summed E-state index contributed by atoms with van der Waals surface area (Å²) in [5.41, 5.74) is 4.63. The molecular formula is C18H22ClNO. The Hall–Kier alpha value is -1.51. The third-order valence-electron chi connectivity index (χ3n) is 3.67. The Labute approximate surface area is 132 Å². The Morgan fingerprint density at radius 3 is 2.48 bits per heavy atom. The number of halogens is 1. The van der Waals surface area contributed by atoms with Crippen molar-refractivity contribution in [1.82, 2.24) is 5.32 Å². The van der Waals surface area contributed by atoms with Gasteiger partial charge >= 0.3 is 0 Å². The summed E-state index contributed by atoms with van der Waals surface area (Å²) in [6, 6.07) is 9.99. The maximum atomic E-state index is 6.21. The molecule has 2 aromatic rings. The van der Waals surface area contributed by atoms with E-state index in [1.807, 2.05) is 18.2 Å². The van der Waals surface area contributed by atoms with E-state index in [0.717, 1.165) is 40.7 Å². The first-order chi connectivity index (χ1) is 10.0. The van der Waals surface area contributed by atoms with Crippen LogP contribution in [0.25, 0.3) is 0 Å². The van der Waals surface area contributed by atoms with E-state index in [4.69, 9.17) is 16.3 Å². The van der Waals surface area contributed by atoms with Gasteiger partial charge in [0.05, 0.1) is 0 Å². The maximum Gasteiger partial charge on any atom is 0.133 e. The first kappa shape index (κ1) is 15.9. The second kappa shape index (κ2) is 6.97. The Bertz CT molecular complexity index is 637. The van der Waals surface area contributed by atoms with Crippen LogP contribution in [0.5, 0.6) is 11.5 Å². The predicted octanol–water partition coefficient (Wildman–Crippen LogP) is 5.17. The van der Waals surface area contributed by atoms with Crippen LogP contribution in [0.15, 0.2) is 30.3 Å². The van der Waals surface area contributed by atoms with Crippen molar-refractivity contribution in [3.8, 4) is 11.5 Å². The highest BCUT2D eigenvalue weighted by Crippen LogP contribution is 2.33. The van der Waals surface area contributed by atoms with Crippen LogP contribution in [0, 0.1) is 20.8 Å². The number of ether oxygens (including phenoxy) is 1. The molecule has 0 aliphatic heterocycles. The average molecular weight is 304 g/mol. The van der Waals surface area contributed by atoms with Crippen LogP contribution in [0.3, 0.4) is 0 Å². The molecule has 3 heteroatoms. The lowest BCUT2D eigenvalue weighted by molar-refractivity contribution is 0.465. The molecule has 0 aromatic heterocycles. The number of benzene rings is 2. The summed E-state index contributed by atoms with van der Waals surface area (Å²) in [5.74, 6) is 1.80. The van der Waals surface area contributed by atoms with E-state index in [-0.39, 0.29) is 0 Å². The molecule has 0 saturated heterocycles. The van der Waals surface area contributed by atoms with Crippen LogP contribution in [-0.4, -0.2) is 6.54 Å². The summed E-state index contributed by atoms with van der Waals surface area (Å²) in [6.45, 7) is 10.0. The van der Waals surface area contributed by atoms with Gasteiger partial charge in [0.1, 0.15) is 11.5 Å². The van der Waals surface area contributed by atoms with Gasteiger partial charge in [-0.25, -0.2) is 0 Å². The van der Waals surface area contributed by atoms with E-state index in [9.17, 15) is 0 Å². The van der Waals surface area contributed by atoms with Gasteiger partial charge in [-0.2, -0.15) is 0 Å². The van der Waals surface area contributed by atoms with Crippen molar-refractivity contribution in [2.45, 2.75) is 34.2 Å². The topological polar surface area (TPSA) is 21.3 Å². The molecule has 0 fully saturated rings. The molecule has 1 N–H and O–H groups in total. The van der Waals surface area contributed by atoms with Gasteiger partial charge in [-0.15, -0.1) is 0 Å². The molecule has 112 valence electrons. The van der Waals surface area contributed by atoms with E-state index in [1.165, 1.54) is 11.1 Å². The molecule has 0 aliphatic carbocycles. The summed E-state index contributed by atoms with van der Waals surface area (Å²) in [5, 5.41) is 4.05. The van der Waals surface area contributed by atoms with E-state index in [1.54, 1.807) is 0 Å². The Balaban J connectivity index is 2.37. The molecular weight excluding hydrogens is 282 g/mol. The number of hydrogen-bond donors (Lipinski definition) is 1.